The number of ether oxygens (including phenoxy) is 2. The smallest absolute Gasteiger partial charge is 0.220 e. The molecule has 0 unspecified atom stereocenters. The topological polar surface area (TPSA) is 47.6 Å². The van der Waals surface area contributed by atoms with Gasteiger partial charge in [-0.15, -0.1) is 0 Å². The maximum absolute atomic E-state index is 12.6. The minimum Gasteiger partial charge on any atom is -0.497 e. The Balaban J connectivity index is 2.20. The first kappa shape index (κ1) is 20.5. The molecular formula is C25H27NO3. The van der Waals surface area contributed by atoms with Crippen molar-refractivity contribution in [1.29, 1.82) is 0 Å². The summed E-state index contributed by atoms with van der Waals surface area (Å²) < 4.78 is 10.9. The van der Waals surface area contributed by atoms with Crippen LogP contribution in [0.2, 0.25) is 0 Å². The molecular weight excluding hydrogens is 362 g/mol. The van der Waals surface area contributed by atoms with Crippen molar-refractivity contribution in [2.45, 2.75) is 18.3 Å². The molecule has 0 aromatic heterocycles. The highest BCUT2D eigenvalue weighted by Gasteiger charge is 2.36. The molecule has 3 rings (SSSR count). The number of carbonyl (C=O) groups excluding carboxylic acids is 1. The second kappa shape index (κ2) is 9.28. The van der Waals surface area contributed by atoms with Crippen molar-refractivity contribution in [3.05, 3.63) is 95.6 Å². The summed E-state index contributed by atoms with van der Waals surface area (Å²) in [6, 6.07) is 26.3. The molecule has 3 aromatic carbocycles. The van der Waals surface area contributed by atoms with Crippen LogP contribution in [0.1, 0.15) is 23.1 Å². The van der Waals surface area contributed by atoms with E-state index in [4.69, 9.17) is 9.47 Å². The van der Waals surface area contributed by atoms with Gasteiger partial charge in [-0.3, -0.25) is 4.79 Å². The maximum Gasteiger partial charge on any atom is 0.220 e. The fourth-order valence-corrected chi connectivity index (χ4v) is 3.83. The van der Waals surface area contributed by atoms with Gasteiger partial charge in [0.25, 0.3) is 0 Å². The van der Waals surface area contributed by atoms with Gasteiger partial charge in [-0.1, -0.05) is 60.7 Å². The van der Waals surface area contributed by atoms with E-state index < -0.39 is 5.41 Å². The molecule has 29 heavy (non-hydrogen) atoms. The fraction of sp³-hybridized carbons (Fsp3) is 0.240. The SMILES string of the molecule is CNC(=O)CC(Cc1cc(OC)cc(OC)c1)(c1ccccc1)c1ccccc1. The maximum atomic E-state index is 12.6. The summed E-state index contributed by atoms with van der Waals surface area (Å²) in [5, 5.41) is 2.80. The van der Waals surface area contributed by atoms with Crippen LogP contribution in [0.3, 0.4) is 0 Å². The third kappa shape index (κ3) is 4.60. The van der Waals surface area contributed by atoms with Crippen LogP contribution < -0.4 is 14.8 Å². The van der Waals surface area contributed by atoms with E-state index in [9.17, 15) is 4.79 Å². The van der Waals surface area contributed by atoms with Crippen molar-refractivity contribution >= 4 is 5.91 Å². The molecule has 4 nitrogen and oxygen atoms in total. The molecule has 4 heteroatoms. The van der Waals surface area contributed by atoms with Crippen molar-refractivity contribution in [3.8, 4) is 11.5 Å². The average molecular weight is 389 g/mol. The van der Waals surface area contributed by atoms with Crippen LogP contribution >= 0.6 is 0 Å². The second-order valence-electron chi connectivity index (χ2n) is 7.06. The standard InChI is InChI=1S/C25H27NO3/c1-26-24(27)18-25(20-10-6-4-7-11-20,21-12-8-5-9-13-21)17-19-14-22(28-2)16-23(15-19)29-3/h4-16H,17-18H2,1-3H3,(H,26,27). The largest absolute Gasteiger partial charge is 0.497 e. The molecule has 0 radical (unpaired) electrons. The summed E-state index contributed by atoms with van der Waals surface area (Å²) in [6.45, 7) is 0. The third-order valence-corrected chi connectivity index (χ3v) is 5.31. The van der Waals surface area contributed by atoms with Gasteiger partial charge in [0, 0.05) is 24.9 Å². The van der Waals surface area contributed by atoms with E-state index in [1.807, 2.05) is 54.6 Å². The van der Waals surface area contributed by atoms with Crippen molar-refractivity contribution in [3.63, 3.8) is 0 Å². The van der Waals surface area contributed by atoms with Crippen LogP contribution in [0.25, 0.3) is 0 Å². The molecule has 0 saturated carbocycles. The predicted molar refractivity (Wildman–Crippen MR) is 116 cm³/mol. The van der Waals surface area contributed by atoms with Gasteiger partial charge < -0.3 is 14.8 Å². The molecule has 0 fully saturated rings. The normalized spacial score (nSPS) is 11.0. The predicted octanol–water partition coefficient (Wildman–Crippen LogP) is 4.37. The van der Waals surface area contributed by atoms with Crippen molar-refractivity contribution in [1.82, 2.24) is 5.32 Å². The third-order valence-electron chi connectivity index (χ3n) is 5.31. The first-order valence-electron chi connectivity index (χ1n) is 9.65. The molecule has 0 aliphatic heterocycles. The Morgan fingerprint density at radius 2 is 1.31 bits per heavy atom. The lowest BCUT2D eigenvalue weighted by atomic mass is 9.68. The summed E-state index contributed by atoms with van der Waals surface area (Å²) in [5.41, 5.74) is 2.70. The zero-order valence-corrected chi connectivity index (χ0v) is 17.1. The summed E-state index contributed by atoms with van der Waals surface area (Å²) in [7, 11) is 4.97. The molecule has 0 aliphatic rings. The first-order chi connectivity index (χ1) is 14.1. The van der Waals surface area contributed by atoms with Crippen molar-refractivity contribution in [2.24, 2.45) is 0 Å². The minimum atomic E-state index is -0.528. The van der Waals surface area contributed by atoms with Crippen LogP contribution in [0.15, 0.2) is 78.9 Å². The highest BCUT2D eigenvalue weighted by atomic mass is 16.5. The van der Waals surface area contributed by atoms with E-state index >= 15 is 0 Å². The lowest BCUT2D eigenvalue weighted by Crippen LogP contribution is -2.36. The average Bonchev–Trinajstić information content (AvgIpc) is 2.79. The number of nitrogens with one attached hydrogen (secondary N) is 1. The highest BCUT2D eigenvalue weighted by Crippen LogP contribution is 2.40. The van der Waals surface area contributed by atoms with Gasteiger partial charge in [0.2, 0.25) is 5.91 Å². The zero-order chi connectivity index (χ0) is 20.7. The Labute approximate surface area is 172 Å². The van der Waals surface area contributed by atoms with E-state index in [0.717, 1.165) is 28.2 Å². The molecule has 1 amide bonds. The Morgan fingerprint density at radius 1 is 0.828 bits per heavy atom. The van der Waals surface area contributed by atoms with Crippen molar-refractivity contribution < 1.29 is 14.3 Å². The number of hydrogen-bond acceptors (Lipinski definition) is 3. The summed E-state index contributed by atoms with van der Waals surface area (Å²) >= 11 is 0. The summed E-state index contributed by atoms with van der Waals surface area (Å²) in [4.78, 5) is 12.6. The van der Waals surface area contributed by atoms with Crippen LogP contribution in [0, 0.1) is 0 Å². The summed E-state index contributed by atoms with van der Waals surface area (Å²) in [5.74, 6) is 1.45. The molecule has 0 atom stereocenters. The minimum absolute atomic E-state index is 0.00688. The van der Waals surface area contributed by atoms with Crippen molar-refractivity contribution in [2.75, 3.05) is 21.3 Å². The van der Waals surface area contributed by atoms with Gasteiger partial charge in [0.15, 0.2) is 0 Å². The van der Waals surface area contributed by atoms with Crippen LogP contribution in [0.4, 0.5) is 0 Å². The zero-order valence-electron chi connectivity index (χ0n) is 17.1. The molecule has 0 bridgehead atoms. The number of benzene rings is 3. The molecule has 0 spiro atoms. The molecule has 1 N–H and O–H groups in total. The number of amides is 1. The van der Waals surface area contributed by atoms with Crippen LogP contribution in [-0.4, -0.2) is 27.2 Å². The Morgan fingerprint density at radius 3 is 1.72 bits per heavy atom. The van der Waals surface area contributed by atoms with E-state index in [1.54, 1.807) is 21.3 Å². The molecule has 150 valence electrons. The van der Waals surface area contributed by atoms with E-state index in [-0.39, 0.29) is 5.91 Å². The lowest BCUT2D eigenvalue weighted by Gasteiger charge is -2.35. The second-order valence-corrected chi connectivity index (χ2v) is 7.06. The van der Waals surface area contributed by atoms with Gasteiger partial charge in [-0.25, -0.2) is 0 Å². The van der Waals surface area contributed by atoms with E-state index in [0.29, 0.717) is 12.8 Å². The van der Waals surface area contributed by atoms with E-state index in [2.05, 4.69) is 29.6 Å². The molecule has 0 aliphatic carbocycles. The summed E-state index contributed by atoms with van der Waals surface area (Å²) in [6.07, 6.45) is 0.957. The van der Waals surface area contributed by atoms with Gasteiger partial charge in [-0.2, -0.15) is 0 Å². The fourth-order valence-electron chi connectivity index (χ4n) is 3.83. The van der Waals surface area contributed by atoms with Gasteiger partial charge >= 0.3 is 0 Å². The van der Waals surface area contributed by atoms with Gasteiger partial charge in [0.1, 0.15) is 11.5 Å². The van der Waals surface area contributed by atoms with Crippen LogP contribution in [0.5, 0.6) is 11.5 Å². The Hall–Kier alpha value is -3.27. The van der Waals surface area contributed by atoms with E-state index in [1.165, 1.54) is 0 Å². The van der Waals surface area contributed by atoms with Crippen LogP contribution in [-0.2, 0) is 16.6 Å². The molecule has 0 saturated heterocycles. The lowest BCUT2D eigenvalue weighted by molar-refractivity contribution is -0.121. The Bertz CT molecular complexity index is 877. The number of rotatable bonds is 8. The quantitative estimate of drug-likeness (QED) is 0.622. The van der Waals surface area contributed by atoms with Gasteiger partial charge in [-0.05, 0) is 35.2 Å². The monoisotopic (exact) mass is 389 g/mol. The number of methoxy groups -OCH3 is 2. The van der Waals surface area contributed by atoms with Gasteiger partial charge in [0.05, 0.1) is 14.2 Å². The Kier molecular flexibility index (Phi) is 6.55. The molecule has 0 heterocycles. The number of hydrogen-bond donors (Lipinski definition) is 1. The highest BCUT2D eigenvalue weighted by molar-refractivity contribution is 5.78. The first-order valence-corrected chi connectivity index (χ1v) is 9.65. The molecule has 3 aromatic rings. The number of carbonyl (C=O) groups is 1.